The Morgan fingerprint density at radius 2 is 1.66 bits per heavy atom. The van der Waals surface area contributed by atoms with Crippen LogP contribution < -0.4 is 69.5 Å². The van der Waals surface area contributed by atoms with Gasteiger partial charge in [0.2, 0.25) is 5.91 Å². The smallest absolute Gasteiger partial charge is 0.861 e. The van der Waals surface area contributed by atoms with Crippen LogP contribution in [0.15, 0.2) is 52.4 Å². The maximum absolute atomic E-state index is 11.9. The maximum atomic E-state index is 11.9. The van der Waals surface area contributed by atoms with Crippen LogP contribution in [0.2, 0.25) is 0 Å². The molecule has 2 aromatic rings. The number of carbonyl (C=O) groups excluding carboxylic acids is 2. The van der Waals surface area contributed by atoms with Gasteiger partial charge in [-0.25, -0.2) is 18.2 Å². The first-order valence-electron chi connectivity index (χ1n) is 9.63. The number of urea groups is 1. The molecule has 0 saturated heterocycles. The van der Waals surface area contributed by atoms with Crippen molar-refractivity contribution in [2.75, 3.05) is 0 Å². The van der Waals surface area contributed by atoms with Gasteiger partial charge < -0.3 is 9.66 Å². The molecule has 1 aliphatic heterocycles. The van der Waals surface area contributed by atoms with Crippen molar-refractivity contribution in [2.24, 2.45) is 16.3 Å². The van der Waals surface area contributed by atoms with Gasteiger partial charge in [0.15, 0.2) is 0 Å². The molecule has 0 saturated carbocycles. The number of fused-ring (bicyclic) bond motifs is 1. The number of nitrogens with one attached hydrogen (secondary N) is 1. The summed E-state index contributed by atoms with van der Waals surface area (Å²) in [7, 11) is -4.38. The van der Waals surface area contributed by atoms with Crippen molar-refractivity contribution < 1.29 is 86.8 Å². The second-order valence-corrected chi connectivity index (χ2v) is 8.47. The minimum absolute atomic E-state index is 0. The average Bonchev–Trinajstić information content (AvgIpc) is 2.67. The Bertz CT molecular complexity index is 1090. The van der Waals surface area contributed by atoms with E-state index in [4.69, 9.17) is 0 Å². The molecule has 0 aliphatic carbocycles. The van der Waals surface area contributed by atoms with E-state index in [2.05, 4.69) is 10.3 Å². The van der Waals surface area contributed by atoms with Crippen molar-refractivity contribution >= 4 is 38.7 Å². The van der Waals surface area contributed by atoms with Crippen molar-refractivity contribution in [1.29, 1.82) is 0 Å². The van der Waals surface area contributed by atoms with E-state index in [1.165, 1.54) is 6.07 Å². The van der Waals surface area contributed by atoms with Crippen molar-refractivity contribution in [3.05, 3.63) is 42.5 Å². The summed E-state index contributed by atoms with van der Waals surface area (Å²) in [6, 6.07) is 10.7. The molecule has 162 valence electrons. The van der Waals surface area contributed by atoms with Gasteiger partial charge in [-0.3, -0.25) is 10.1 Å². The Labute approximate surface area is 232 Å². The fourth-order valence-corrected chi connectivity index (χ4v) is 4.41. The van der Waals surface area contributed by atoms with Crippen LogP contribution in [0.1, 0.15) is 40.0 Å². The minimum Gasteiger partial charge on any atom is -0.861 e. The van der Waals surface area contributed by atoms with E-state index in [0.29, 0.717) is 11.8 Å². The molecular formula is C21H24N2Na2O6S. The van der Waals surface area contributed by atoms with E-state index in [-0.39, 0.29) is 69.9 Å². The van der Waals surface area contributed by atoms with E-state index in [0.717, 1.165) is 18.2 Å². The van der Waals surface area contributed by atoms with Gasteiger partial charge in [0.05, 0.1) is 10.3 Å². The second-order valence-electron chi connectivity index (χ2n) is 7.12. The Kier molecular flexibility index (Phi) is 12.9. The van der Waals surface area contributed by atoms with Crippen LogP contribution in [-0.4, -0.2) is 30.8 Å². The molecule has 8 nitrogen and oxygen atoms in total. The summed E-state index contributed by atoms with van der Waals surface area (Å²) in [6.07, 6.45) is 2.02. The second kappa shape index (κ2) is 13.2. The summed E-state index contributed by atoms with van der Waals surface area (Å²) in [6.45, 7) is 5.62. The topological polar surface area (TPSA) is 139 Å². The molecular weight excluding hydrogens is 454 g/mol. The molecule has 0 aromatic heterocycles. The zero-order valence-corrected chi connectivity index (χ0v) is 23.9. The van der Waals surface area contributed by atoms with E-state index in [1.54, 1.807) is 43.3 Å². The molecule has 1 N–H and O–H groups in total. The Hall–Kier alpha value is -0.780. The maximum Gasteiger partial charge on any atom is 1.00 e. The standard InChI is InChI=1S/C11H18N2O3.C10H8O3S.2Na/c1-4-6-7(3)11(5-2)8(14)12-10(16)13-9(11)15;11-14(12,13)10-7-3-5-8-4-1-2-6-9(8)10;;/h7H,4-6H2,1-3H3,(H2,12,13,14,15,16);1-7H,(H,11,12,13);;/q;;2*+1/p-2. The quantitative estimate of drug-likeness (QED) is 0.351. The number of amides is 3. The van der Waals surface area contributed by atoms with Gasteiger partial charge in [0.1, 0.15) is 10.1 Å². The Balaban J connectivity index is 0.000000568. The third kappa shape index (κ3) is 6.87. The van der Waals surface area contributed by atoms with Crippen molar-refractivity contribution in [3.63, 3.8) is 0 Å². The van der Waals surface area contributed by atoms with E-state index < -0.39 is 33.4 Å². The molecule has 0 fully saturated rings. The summed E-state index contributed by atoms with van der Waals surface area (Å²) in [4.78, 5) is 26.0. The molecule has 0 bridgehead atoms. The first-order valence-corrected chi connectivity index (χ1v) is 11.0. The average molecular weight is 478 g/mol. The van der Waals surface area contributed by atoms with Crippen LogP contribution in [0.4, 0.5) is 4.79 Å². The monoisotopic (exact) mass is 478 g/mol. The molecule has 2 atom stereocenters. The van der Waals surface area contributed by atoms with Crippen molar-refractivity contribution in [1.82, 2.24) is 5.32 Å². The molecule has 1 heterocycles. The predicted molar refractivity (Wildman–Crippen MR) is 110 cm³/mol. The zero-order valence-electron chi connectivity index (χ0n) is 19.0. The van der Waals surface area contributed by atoms with Crippen LogP contribution in [0.5, 0.6) is 0 Å². The number of benzene rings is 2. The van der Waals surface area contributed by atoms with Crippen LogP contribution in [0, 0.1) is 11.3 Å². The van der Waals surface area contributed by atoms with Crippen LogP contribution in [-0.2, 0) is 14.9 Å². The number of imide groups is 1. The third-order valence-corrected chi connectivity index (χ3v) is 6.24. The van der Waals surface area contributed by atoms with Crippen molar-refractivity contribution in [3.8, 4) is 0 Å². The third-order valence-electron chi connectivity index (χ3n) is 5.35. The molecule has 1 aliphatic rings. The van der Waals surface area contributed by atoms with Crippen molar-refractivity contribution in [2.45, 2.75) is 44.9 Å². The summed E-state index contributed by atoms with van der Waals surface area (Å²) in [5.74, 6) is -1.20. The number of carbonyl (C=O) groups is 2. The predicted octanol–water partition coefficient (Wildman–Crippen LogP) is -3.42. The van der Waals surface area contributed by atoms with E-state index in [9.17, 15) is 27.7 Å². The summed E-state index contributed by atoms with van der Waals surface area (Å²) >= 11 is 0. The summed E-state index contributed by atoms with van der Waals surface area (Å²) in [5.41, 5.74) is -1.15. The molecule has 2 unspecified atom stereocenters. The largest absolute Gasteiger partial charge is 1.00 e. The molecule has 32 heavy (non-hydrogen) atoms. The van der Waals surface area contributed by atoms with Gasteiger partial charge in [-0.05, 0) is 41.5 Å². The van der Waals surface area contributed by atoms with Crippen LogP contribution in [0.3, 0.4) is 0 Å². The van der Waals surface area contributed by atoms with Crippen LogP contribution >= 0.6 is 0 Å². The molecule has 3 amide bonds. The van der Waals surface area contributed by atoms with Gasteiger partial charge in [-0.15, -0.1) is 0 Å². The molecule has 2 aromatic carbocycles. The molecule has 3 rings (SSSR count). The number of aliphatic imine (C=N–C) groups is 1. The fraction of sp³-hybridized carbons (Fsp3) is 0.381. The number of rotatable bonds is 5. The molecule has 0 radical (unpaired) electrons. The SMILES string of the molecule is CCCC(C)C1(CC)C(=O)NC(=O)N=C1[O-].O=S(=O)([O-])c1cccc2ccccc12.[Na+].[Na+]. The zero-order chi connectivity index (χ0) is 22.5. The van der Waals surface area contributed by atoms with Gasteiger partial charge in [-0.1, -0.05) is 63.6 Å². The Morgan fingerprint density at radius 1 is 1.06 bits per heavy atom. The van der Waals surface area contributed by atoms with Gasteiger partial charge in [-0.2, -0.15) is 0 Å². The Morgan fingerprint density at radius 3 is 2.19 bits per heavy atom. The molecule has 0 spiro atoms. The van der Waals surface area contributed by atoms with Gasteiger partial charge in [0, 0.05) is 0 Å². The minimum atomic E-state index is -4.38. The normalized spacial score (nSPS) is 18.8. The number of nitrogens with zero attached hydrogens (tertiary/aromatic N) is 1. The summed E-state index contributed by atoms with van der Waals surface area (Å²) < 4.78 is 32.7. The van der Waals surface area contributed by atoms with E-state index >= 15 is 0 Å². The van der Waals surface area contributed by atoms with Gasteiger partial charge >= 0.3 is 65.1 Å². The van der Waals surface area contributed by atoms with E-state index in [1.807, 2.05) is 13.8 Å². The number of hydrogen-bond acceptors (Lipinski definition) is 6. The fourth-order valence-electron chi connectivity index (χ4n) is 3.71. The first-order chi connectivity index (χ1) is 14.1. The summed E-state index contributed by atoms with van der Waals surface area (Å²) in [5, 5.41) is 15.2. The first kappa shape index (κ1) is 31.2. The molecule has 11 heteroatoms. The van der Waals surface area contributed by atoms with Crippen LogP contribution in [0.25, 0.3) is 10.8 Å². The van der Waals surface area contributed by atoms with Gasteiger partial charge in [0.25, 0.3) is 0 Å². The number of hydrogen-bond donors (Lipinski definition) is 1.